The highest BCUT2D eigenvalue weighted by molar-refractivity contribution is 7.48. The summed E-state index contributed by atoms with van der Waals surface area (Å²) >= 11 is 6.50. The van der Waals surface area contributed by atoms with Crippen molar-refractivity contribution in [2.75, 3.05) is 27.1 Å². The fourth-order valence-electron chi connectivity index (χ4n) is 5.77. The zero-order valence-electron chi connectivity index (χ0n) is 27.0. The summed E-state index contributed by atoms with van der Waals surface area (Å²) in [5.74, 6) is 0.215. The highest BCUT2D eigenvalue weighted by Crippen LogP contribution is 2.51. The van der Waals surface area contributed by atoms with Crippen molar-refractivity contribution < 1.29 is 52.4 Å². The number of phosphoric ester groups is 1. The van der Waals surface area contributed by atoms with Crippen molar-refractivity contribution in [3.05, 3.63) is 70.8 Å². The van der Waals surface area contributed by atoms with E-state index in [-0.39, 0.29) is 30.6 Å². The lowest BCUT2D eigenvalue weighted by Gasteiger charge is -2.22. The molecule has 0 spiro atoms. The molecular weight excluding hydrogens is 701 g/mol. The number of rotatable bonds is 16. The van der Waals surface area contributed by atoms with Crippen LogP contribution in [0.25, 0.3) is 22.5 Å². The number of esters is 1. The van der Waals surface area contributed by atoms with Crippen molar-refractivity contribution in [3.63, 3.8) is 0 Å². The fraction of sp³-hybridized carbons (Fsp3) is 0.433. The van der Waals surface area contributed by atoms with E-state index in [4.69, 9.17) is 54.6 Å². The molecule has 2 aliphatic rings. The number of carbonyl (C=O) groups is 1. The van der Waals surface area contributed by atoms with Crippen LogP contribution in [-0.2, 0) is 50.2 Å². The average molecular weight is 736 g/mol. The maximum atomic E-state index is 13.4. The maximum Gasteiger partial charge on any atom is 0.477 e. The van der Waals surface area contributed by atoms with Crippen LogP contribution < -0.4 is 0 Å². The Morgan fingerprint density at radius 1 is 1.10 bits per heavy atom. The number of aryl methyl sites for hydroxylation is 1. The molecule has 2 aliphatic heterocycles. The molecule has 0 radical (unpaired) electrons. The number of carbonyl (C=O) groups excluding carboxylic acids is 1. The Kier molecular flexibility index (Phi) is 11.7. The molecule has 0 aliphatic carbocycles. The molecule has 6 rings (SSSR count). The van der Waals surface area contributed by atoms with E-state index in [0.29, 0.717) is 18.1 Å². The Hall–Kier alpha value is -3.65. The predicted molar refractivity (Wildman–Crippen MR) is 171 cm³/mol. The second-order valence-corrected chi connectivity index (χ2v) is 13.4. The van der Waals surface area contributed by atoms with Gasteiger partial charge in [0.15, 0.2) is 10.8 Å². The molecule has 268 valence electrons. The Labute approximate surface area is 290 Å². The molecular formula is C30H35ClN7O11P. The summed E-state index contributed by atoms with van der Waals surface area (Å²) in [6.07, 6.45) is -0.994. The molecule has 2 fully saturated rings. The minimum Gasteiger partial charge on any atom is -0.433 e. The Balaban J connectivity index is 1.13. The number of H-pyrrole nitrogens is 1. The zero-order valence-corrected chi connectivity index (χ0v) is 28.6. The minimum atomic E-state index is -4.29. The Morgan fingerprint density at radius 2 is 1.82 bits per heavy atom. The number of benzene rings is 2. The van der Waals surface area contributed by atoms with E-state index in [1.165, 1.54) is 0 Å². The fourth-order valence-corrected chi connectivity index (χ4v) is 6.99. The van der Waals surface area contributed by atoms with E-state index in [1.54, 1.807) is 4.57 Å². The Bertz CT molecular complexity index is 1790. The first kappa shape index (κ1) is 36.2. The van der Waals surface area contributed by atoms with Gasteiger partial charge in [0, 0.05) is 25.6 Å². The summed E-state index contributed by atoms with van der Waals surface area (Å²) in [5.41, 5.74) is 3.54. The summed E-state index contributed by atoms with van der Waals surface area (Å²) in [6.45, 7) is 1.38. The number of imidazole rings is 1. The largest absolute Gasteiger partial charge is 0.477 e. The lowest BCUT2D eigenvalue weighted by Crippen LogP contribution is -2.36. The maximum absolute atomic E-state index is 13.4. The molecule has 0 saturated carbocycles. The molecule has 2 aromatic carbocycles. The molecule has 0 bridgehead atoms. The van der Waals surface area contributed by atoms with E-state index in [2.05, 4.69) is 25.6 Å². The van der Waals surface area contributed by atoms with Gasteiger partial charge in [-0.3, -0.25) is 19.5 Å². The molecule has 0 amide bonds. The number of nitrogens with zero attached hydrogens (tertiary/aromatic N) is 6. The number of aromatic nitrogens is 6. The number of tetrazole rings is 1. The molecule has 5 atom stereocenters. The zero-order chi connectivity index (χ0) is 35.3. The summed E-state index contributed by atoms with van der Waals surface area (Å²) < 4.78 is 47.3. The first-order valence-electron chi connectivity index (χ1n) is 15.6. The van der Waals surface area contributed by atoms with Gasteiger partial charge in [0.1, 0.15) is 30.2 Å². The summed E-state index contributed by atoms with van der Waals surface area (Å²) in [6, 6.07) is 15.5. The van der Waals surface area contributed by atoms with E-state index >= 15 is 0 Å². The molecule has 50 heavy (non-hydrogen) atoms. The van der Waals surface area contributed by atoms with Gasteiger partial charge < -0.3 is 18.8 Å². The van der Waals surface area contributed by atoms with Crippen molar-refractivity contribution >= 4 is 25.4 Å². The lowest BCUT2D eigenvalue weighted by atomic mass is 9.98. The second-order valence-electron chi connectivity index (χ2n) is 11.3. The van der Waals surface area contributed by atoms with Gasteiger partial charge in [0.25, 0.3) is 0 Å². The van der Waals surface area contributed by atoms with Crippen LogP contribution in [0.2, 0.25) is 5.15 Å². The molecule has 2 aromatic heterocycles. The van der Waals surface area contributed by atoms with Gasteiger partial charge >= 0.3 is 13.8 Å². The van der Waals surface area contributed by atoms with Gasteiger partial charge in [0.2, 0.25) is 12.6 Å². The summed E-state index contributed by atoms with van der Waals surface area (Å²) in [5, 5.41) is 31.8. The Morgan fingerprint density at radius 3 is 2.50 bits per heavy atom. The first-order chi connectivity index (χ1) is 24.2. The molecule has 4 heterocycles. The van der Waals surface area contributed by atoms with Gasteiger partial charge in [0.05, 0.1) is 18.6 Å². The van der Waals surface area contributed by atoms with Gasteiger partial charge in [-0.25, -0.2) is 23.7 Å². The second kappa shape index (κ2) is 16.1. The quantitative estimate of drug-likeness (QED) is 0.0635. The molecule has 3 N–H and O–H groups in total. The number of unbranched alkanes of at least 4 members (excludes halogenated alkanes) is 1. The van der Waals surface area contributed by atoms with Crippen molar-refractivity contribution in [3.8, 4) is 22.5 Å². The number of hydrogen-bond acceptors (Lipinski definition) is 16. The number of hydrogen-bond donors (Lipinski definition) is 3. The third-order valence-corrected chi connectivity index (χ3v) is 9.81. The van der Waals surface area contributed by atoms with Gasteiger partial charge in [-0.1, -0.05) is 73.5 Å². The highest BCUT2D eigenvalue weighted by Gasteiger charge is 2.52. The number of fused-ring (bicyclic) bond motifs is 1. The average Bonchev–Trinajstić information content (AvgIpc) is 3.91. The molecule has 2 saturated heterocycles. The molecule has 18 nitrogen and oxygen atoms in total. The third kappa shape index (κ3) is 8.11. The van der Waals surface area contributed by atoms with Crippen LogP contribution in [0.4, 0.5) is 0 Å². The van der Waals surface area contributed by atoms with E-state index < -0.39 is 50.4 Å². The van der Waals surface area contributed by atoms with Crippen LogP contribution in [0.15, 0.2) is 48.5 Å². The van der Waals surface area contributed by atoms with Crippen LogP contribution >= 0.6 is 19.4 Å². The summed E-state index contributed by atoms with van der Waals surface area (Å²) in [4.78, 5) is 22.7. The first-order valence-corrected chi connectivity index (χ1v) is 17.4. The van der Waals surface area contributed by atoms with Crippen LogP contribution in [-0.4, -0.2) is 103 Å². The predicted octanol–water partition coefficient (Wildman–Crippen LogP) is 4.22. The van der Waals surface area contributed by atoms with Crippen molar-refractivity contribution in [2.24, 2.45) is 0 Å². The number of aromatic amines is 1. The van der Waals surface area contributed by atoms with Gasteiger partial charge in [-0.15, -0.1) is 10.2 Å². The van der Waals surface area contributed by atoms with Crippen LogP contribution in [0.5, 0.6) is 0 Å². The lowest BCUT2D eigenvalue weighted by molar-refractivity contribution is -0.507. The summed E-state index contributed by atoms with van der Waals surface area (Å²) in [7, 11) is -3.18. The van der Waals surface area contributed by atoms with Crippen molar-refractivity contribution in [1.82, 2.24) is 35.6 Å². The highest BCUT2D eigenvalue weighted by atomic mass is 35.5. The molecule has 4 aromatic rings. The van der Waals surface area contributed by atoms with Gasteiger partial charge in [-0.2, -0.15) is 5.21 Å². The van der Waals surface area contributed by atoms with E-state index in [9.17, 15) is 9.36 Å². The minimum absolute atomic E-state index is 0.000286. The normalized spacial score (nSPS) is 21.4. The smallest absolute Gasteiger partial charge is 0.433 e. The standard InChI is InChI=1S/C30H35ClN7O11P/c1-3-4-9-24-32-28(31)25(37(24)14-18-10-12-19(13-11-18)20-7-5-6-8-21(20)29-33-35-36-34-29)30(39)46-17-47-50(42,43-2)49-23-16-45-26-22(48-38(40)41)15-44-27(23)26/h5-8,10-13,22-23,26-27,40-41H,3-4,9,14-17H2,1-2H3,(H,33,34,35,36)/t22-,23+,26?,27?,50?/m1/s1. The third-order valence-electron chi connectivity index (χ3n) is 8.15. The van der Waals surface area contributed by atoms with E-state index in [1.807, 2.05) is 55.5 Å². The van der Waals surface area contributed by atoms with E-state index in [0.717, 1.165) is 42.2 Å². The van der Waals surface area contributed by atoms with Crippen molar-refractivity contribution in [2.45, 2.75) is 57.1 Å². The number of phosphoric acid groups is 1. The van der Waals surface area contributed by atoms with Gasteiger partial charge in [-0.05, 0) is 28.3 Å². The van der Waals surface area contributed by atoms with Crippen LogP contribution in [0.1, 0.15) is 41.6 Å². The van der Waals surface area contributed by atoms with Crippen molar-refractivity contribution in [1.29, 1.82) is 0 Å². The topological polar surface area (TPSA) is 215 Å². The number of nitrogens with one attached hydrogen (secondary N) is 1. The number of ether oxygens (including phenoxy) is 3. The van der Waals surface area contributed by atoms with Crippen LogP contribution in [0.3, 0.4) is 0 Å². The van der Waals surface area contributed by atoms with Crippen LogP contribution in [0, 0.1) is 0 Å². The SMILES string of the molecule is CCCCc1nc(Cl)c(C(=O)OCOP(=O)(OC)O[C@H]2COC3C2OC[C@H]3ON(O)O)n1Cc1ccc(-c2ccccc2-c2nn[nH]n2)cc1. The monoisotopic (exact) mass is 735 g/mol. The molecule has 3 unspecified atom stereocenters. The number of halogens is 1. The molecule has 20 heteroatoms.